The summed E-state index contributed by atoms with van der Waals surface area (Å²) in [5, 5.41) is 17.3. The van der Waals surface area contributed by atoms with Crippen molar-refractivity contribution in [1.82, 2.24) is 20.4 Å². The number of hydrogen-bond donors (Lipinski definition) is 3. The maximum atomic E-state index is 12.5. The Bertz CT molecular complexity index is 1310. The summed E-state index contributed by atoms with van der Waals surface area (Å²) in [5.74, 6) is -7.41. The number of hydrogen-bond acceptors (Lipinski definition) is 12. The predicted octanol–water partition coefficient (Wildman–Crippen LogP) is -0.777. The highest BCUT2D eigenvalue weighted by atomic mass is 32.2. The number of nitrogens with one attached hydrogen (secondary N) is 1. The van der Waals surface area contributed by atoms with Gasteiger partial charge in [-0.3, -0.25) is 19.0 Å². The fourth-order valence-electron chi connectivity index (χ4n) is 2.92. The molecule has 21 heteroatoms. The average Bonchev–Trinajstić information content (AvgIpc) is 3.13. The van der Waals surface area contributed by atoms with E-state index in [0.717, 1.165) is 28.4 Å². The molecule has 1 unspecified atom stereocenters. The molecule has 3 heterocycles. The minimum atomic E-state index is -5.77. The average molecular weight is 583 g/mol. The van der Waals surface area contributed by atoms with Crippen LogP contribution in [0.2, 0.25) is 0 Å². The fourth-order valence-corrected chi connectivity index (χ4v) is 6.21. The van der Waals surface area contributed by atoms with E-state index in [2.05, 4.69) is 10.2 Å². The predicted molar refractivity (Wildman–Crippen MR) is 110 cm³/mol. The van der Waals surface area contributed by atoms with Gasteiger partial charge in [0.1, 0.15) is 22.9 Å². The van der Waals surface area contributed by atoms with Crippen LogP contribution in [0.15, 0.2) is 20.9 Å². The summed E-state index contributed by atoms with van der Waals surface area (Å²) in [6.07, 6.45) is 0. The topological polar surface area (TPSA) is 214 Å². The lowest BCUT2D eigenvalue weighted by molar-refractivity contribution is -0.150. The van der Waals surface area contributed by atoms with Gasteiger partial charge in [0.25, 0.3) is 31.1 Å². The van der Waals surface area contributed by atoms with Gasteiger partial charge < -0.3 is 14.8 Å². The summed E-state index contributed by atoms with van der Waals surface area (Å²) in [6, 6.07) is -1.43. The van der Waals surface area contributed by atoms with E-state index in [0.29, 0.717) is 0 Å². The van der Waals surface area contributed by atoms with Gasteiger partial charge in [-0.15, -0.1) is 22.0 Å². The largest absolute Gasteiger partial charge is 0.497 e. The number of halogens is 3. The molecule has 2 aliphatic rings. The molecular formula is C14H13F3N4O10S4. The zero-order valence-corrected chi connectivity index (χ0v) is 20.0. The van der Waals surface area contributed by atoms with Gasteiger partial charge in [-0.25, -0.2) is 13.2 Å². The molecule has 2 atom stereocenters. The Morgan fingerprint density at radius 2 is 1.91 bits per heavy atom. The normalized spacial score (nSPS) is 20.9. The van der Waals surface area contributed by atoms with Crippen molar-refractivity contribution in [3.8, 4) is 0 Å². The molecule has 14 nitrogen and oxygen atoms in total. The third-order valence-electron chi connectivity index (χ3n) is 4.36. The van der Waals surface area contributed by atoms with Gasteiger partial charge >= 0.3 is 11.5 Å². The molecule has 0 saturated carbocycles. The molecule has 35 heavy (non-hydrogen) atoms. The Morgan fingerprint density at radius 3 is 2.49 bits per heavy atom. The lowest BCUT2D eigenvalue weighted by Gasteiger charge is -2.49. The number of aromatic nitrogens is 2. The van der Waals surface area contributed by atoms with Gasteiger partial charge in [0, 0.05) is 11.5 Å². The first-order valence-electron chi connectivity index (χ1n) is 8.89. The van der Waals surface area contributed by atoms with Gasteiger partial charge in [-0.1, -0.05) is 11.8 Å². The van der Waals surface area contributed by atoms with Gasteiger partial charge in [0.2, 0.25) is 11.8 Å². The number of carboxylic acid groups (broad SMARTS) is 1. The highest BCUT2D eigenvalue weighted by molar-refractivity contribution is 8.01. The third kappa shape index (κ3) is 6.08. The van der Waals surface area contributed by atoms with E-state index in [4.69, 9.17) is 8.97 Å². The van der Waals surface area contributed by atoms with Crippen LogP contribution in [-0.2, 0) is 40.1 Å². The van der Waals surface area contributed by atoms with E-state index < -0.39 is 77.8 Å². The zero-order chi connectivity index (χ0) is 26.3. The number of carbonyl (C=O) groups is 3. The lowest BCUT2D eigenvalue weighted by Crippen LogP contribution is -2.71. The van der Waals surface area contributed by atoms with Crippen molar-refractivity contribution in [2.45, 2.75) is 27.9 Å². The number of aliphatic carboxylic acids is 1. The zero-order valence-electron chi connectivity index (χ0n) is 16.8. The van der Waals surface area contributed by atoms with Gasteiger partial charge in [0.05, 0.1) is 0 Å². The van der Waals surface area contributed by atoms with E-state index >= 15 is 0 Å². The highest BCUT2D eigenvalue weighted by Gasteiger charge is 2.55. The molecule has 194 valence electrons. The molecule has 3 rings (SSSR count). The van der Waals surface area contributed by atoms with Crippen molar-refractivity contribution in [3.63, 3.8) is 0 Å². The molecule has 2 aliphatic heterocycles. The minimum Gasteiger partial charge on any atom is -0.477 e. The molecule has 3 N–H and O–H groups in total. The van der Waals surface area contributed by atoms with E-state index in [1.807, 2.05) is 5.32 Å². The Morgan fingerprint density at radius 1 is 1.26 bits per heavy atom. The molecule has 1 aromatic heterocycles. The molecule has 0 aromatic carbocycles. The first-order chi connectivity index (χ1) is 16.0. The summed E-state index contributed by atoms with van der Waals surface area (Å²) in [4.78, 5) is 36.8. The summed E-state index contributed by atoms with van der Waals surface area (Å²) in [5.41, 5.74) is -5.90. The van der Waals surface area contributed by atoms with Crippen LogP contribution in [0.4, 0.5) is 13.2 Å². The SMILES string of the molecule is O=C(CS(=O)(=O)C(F)(F)F)NC1C(=O)N2C(C(=O)O)=C(CSc3nnc(CS(=O)(=O)O)o3)CS[C@H]12. The minimum absolute atomic E-state index is 0.00230. The number of carbonyl (C=O) groups excluding carboxylic acids is 2. The molecular weight excluding hydrogens is 569 g/mol. The smallest absolute Gasteiger partial charge is 0.477 e. The number of sulfone groups is 1. The van der Waals surface area contributed by atoms with Crippen molar-refractivity contribution in [2.24, 2.45) is 0 Å². The van der Waals surface area contributed by atoms with Crippen molar-refractivity contribution < 1.29 is 58.5 Å². The van der Waals surface area contributed by atoms with Gasteiger partial charge in [0.15, 0.2) is 5.75 Å². The number of carboxylic acids is 1. The van der Waals surface area contributed by atoms with Crippen molar-refractivity contribution in [1.29, 1.82) is 0 Å². The number of alkyl halides is 3. The summed E-state index contributed by atoms with van der Waals surface area (Å²) in [6.45, 7) is 0. The Kier molecular flexibility index (Phi) is 7.47. The molecule has 2 amide bonds. The van der Waals surface area contributed by atoms with E-state index in [-0.39, 0.29) is 22.3 Å². The summed E-state index contributed by atoms with van der Waals surface area (Å²) in [7, 11) is -10.2. The highest BCUT2D eigenvalue weighted by Crippen LogP contribution is 2.41. The standard InChI is InChI=1S/C14H13F3N4O10S4/c15-14(16,17)34(26,27)3-6(22)18-8-10(23)21-9(12(24)25)5(1-32-11(8)21)2-33-13-20-19-7(31-13)4-35(28,29)30/h8,11H,1-4H2,(H,18,22)(H,24,25)(H,28,29,30)/t8?,11-/m1/s1. The molecule has 0 spiro atoms. The van der Waals surface area contributed by atoms with Crippen LogP contribution in [0.3, 0.4) is 0 Å². The molecule has 1 aromatic rings. The van der Waals surface area contributed by atoms with Crippen LogP contribution < -0.4 is 5.32 Å². The summed E-state index contributed by atoms with van der Waals surface area (Å²) >= 11 is 1.78. The number of amides is 2. The van der Waals surface area contributed by atoms with E-state index in [1.165, 1.54) is 0 Å². The molecule has 0 bridgehead atoms. The molecule has 0 radical (unpaired) electrons. The fraction of sp³-hybridized carbons (Fsp3) is 0.500. The summed E-state index contributed by atoms with van der Waals surface area (Å²) < 4.78 is 95.1. The second-order valence-electron chi connectivity index (χ2n) is 6.89. The second-order valence-corrected chi connectivity index (χ2v) is 12.4. The number of nitrogens with zero attached hydrogens (tertiary/aromatic N) is 3. The van der Waals surface area contributed by atoms with Crippen molar-refractivity contribution >= 4 is 61.3 Å². The van der Waals surface area contributed by atoms with E-state index in [1.54, 1.807) is 0 Å². The maximum Gasteiger partial charge on any atom is 0.497 e. The Hall–Kier alpha value is -2.36. The molecule has 1 saturated heterocycles. The first-order valence-corrected chi connectivity index (χ1v) is 14.2. The van der Waals surface area contributed by atoms with Gasteiger partial charge in [-0.05, 0) is 5.57 Å². The van der Waals surface area contributed by atoms with Crippen LogP contribution in [0.1, 0.15) is 5.89 Å². The number of rotatable bonds is 9. The van der Waals surface area contributed by atoms with Crippen molar-refractivity contribution in [2.75, 3.05) is 17.3 Å². The van der Waals surface area contributed by atoms with Gasteiger partial charge in [-0.2, -0.15) is 21.6 Å². The number of fused-ring (bicyclic) bond motifs is 1. The quantitative estimate of drug-likeness (QED) is 0.185. The lowest BCUT2D eigenvalue weighted by atomic mass is 10.0. The number of thioether (sulfide) groups is 2. The third-order valence-corrected chi connectivity index (χ3v) is 8.57. The van der Waals surface area contributed by atoms with Crippen LogP contribution >= 0.6 is 23.5 Å². The second kappa shape index (κ2) is 9.59. The van der Waals surface area contributed by atoms with Crippen LogP contribution in [0.5, 0.6) is 0 Å². The van der Waals surface area contributed by atoms with Crippen molar-refractivity contribution in [3.05, 3.63) is 17.2 Å². The van der Waals surface area contributed by atoms with Crippen LogP contribution in [0, 0.1) is 0 Å². The van der Waals surface area contributed by atoms with Crippen LogP contribution in [0.25, 0.3) is 0 Å². The van der Waals surface area contributed by atoms with E-state index in [9.17, 15) is 49.5 Å². The Labute approximate surface area is 202 Å². The monoisotopic (exact) mass is 582 g/mol. The maximum absolute atomic E-state index is 12.5. The number of β-lactam (4-membered cyclic amide) rings is 1. The van der Waals surface area contributed by atoms with Crippen LogP contribution in [-0.4, -0.2) is 93.6 Å². The molecule has 1 fully saturated rings. The Balaban J connectivity index is 1.68. The first kappa shape index (κ1) is 27.2. The molecule has 0 aliphatic carbocycles.